The number of hydrogen-bond donors (Lipinski definition) is 0. The van der Waals surface area contributed by atoms with E-state index in [4.69, 9.17) is 0 Å². The number of likely N-dealkylation sites (tertiary alicyclic amines) is 1. The minimum Gasteiger partial charge on any atom is -0.335 e. The molecule has 0 spiro atoms. The van der Waals surface area contributed by atoms with Gasteiger partial charge in [0.05, 0.1) is 16.6 Å². The minimum absolute atomic E-state index is 0.0500. The first-order chi connectivity index (χ1) is 15.2. The number of aromatic nitrogens is 2. The molecule has 0 aliphatic carbocycles. The van der Waals surface area contributed by atoms with E-state index in [0.717, 1.165) is 25.8 Å². The Morgan fingerprint density at radius 2 is 1.68 bits per heavy atom. The second kappa shape index (κ2) is 8.19. The first kappa shape index (κ1) is 19.2. The molecule has 1 atom stereocenters. The van der Waals surface area contributed by atoms with Gasteiger partial charge in [-0.05, 0) is 61.2 Å². The smallest absolute Gasteiger partial charge is 0.265 e. The molecule has 3 aromatic carbocycles. The summed E-state index contributed by atoms with van der Waals surface area (Å²) < 4.78 is 1.52. The van der Waals surface area contributed by atoms with Gasteiger partial charge >= 0.3 is 0 Å². The summed E-state index contributed by atoms with van der Waals surface area (Å²) in [7, 11) is 0. The molecule has 154 valence electrons. The molecule has 1 aromatic heterocycles. The van der Waals surface area contributed by atoms with E-state index in [0.29, 0.717) is 22.2 Å². The van der Waals surface area contributed by atoms with Gasteiger partial charge in [0.1, 0.15) is 6.33 Å². The fraction of sp³-hybridized carbons (Fsp3) is 0.192. The third kappa shape index (κ3) is 3.75. The SMILES string of the molecule is O=C(c1ccc(-n2cnc3ccccc3c2=O)cc1)N1CCCC1Cc1ccccc1. The van der Waals surface area contributed by atoms with Crippen molar-refractivity contribution < 1.29 is 4.79 Å². The van der Waals surface area contributed by atoms with E-state index in [2.05, 4.69) is 17.1 Å². The maximum Gasteiger partial charge on any atom is 0.265 e. The Balaban J connectivity index is 1.38. The summed E-state index contributed by atoms with van der Waals surface area (Å²) in [6.07, 6.45) is 4.47. The van der Waals surface area contributed by atoms with Crippen LogP contribution >= 0.6 is 0 Å². The lowest BCUT2D eigenvalue weighted by molar-refractivity contribution is 0.0736. The van der Waals surface area contributed by atoms with Crippen LogP contribution in [0.5, 0.6) is 0 Å². The third-order valence-electron chi connectivity index (χ3n) is 6.01. The van der Waals surface area contributed by atoms with Crippen LogP contribution < -0.4 is 5.56 Å². The first-order valence-electron chi connectivity index (χ1n) is 10.6. The highest BCUT2D eigenvalue weighted by Gasteiger charge is 2.29. The van der Waals surface area contributed by atoms with Crippen molar-refractivity contribution in [2.24, 2.45) is 0 Å². The van der Waals surface area contributed by atoms with Crippen molar-refractivity contribution >= 4 is 16.8 Å². The summed E-state index contributed by atoms with van der Waals surface area (Å²) in [5.41, 5.74) is 3.15. The van der Waals surface area contributed by atoms with E-state index >= 15 is 0 Å². The molecule has 5 heteroatoms. The molecule has 5 nitrogen and oxygen atoms in total. The molecule has 31 heavy (non-hydrogen) atoms. The molecular weight excluding hydrogens is 386 g/mol. The van der Waals surface area contributed by atoms with E-state index in [1.807, 2.05) is 53.4 Å². The van der Waals surface area contributed by atoms with Gasteiger partial charge < -0.3 is 4.90 Å². The molecule has 1 amide bonds. The highest BCUT2D eigenvalue weighted by atomic mass is 16.2. The van der Waals surface area contributed by atoms with Gasteiger partial charge in [-0.25, -0.2) is 4.98 Å². The van der Waals surface area contributed by atoms with Crippen LogP contribution in [0.1, 0.15) is 28.8 Å². The van der Waals surface area contributed by atoms with Crippen molar-refractivity contribution in [3.05, 3.63) is 107 Å². The van der Waals surface area contributed by atoms with Crippen LogP contribution in [-0.4, -0.2) is 32.9 Å². The molecule has 4 aromatic rings. The van der Waals surface area contributed by atoms with E-state index in [1.54, 1.807) is 18.2 Å². The monoisotopic (exact) mass is 409 g/mol. The molecule has 1 saturated heterocycles. The Kier molecular flexibility index (Phi) is 5.08. The Morgan fingerprint density at radius 1 is 0.935 bits per heavy atom. The van der Waals surface area contributed by atoms with Gasteiger partial charge in [-0.1, -0.05) is 42.5 Å². The van der Waals surface area contributed by atoms with Crippen LogP contribution in [0, 0.1) is 0 Å². The van der Waals surface area contributed by atoms with Crippen LogP contribution in [0.3, 0.4) is 0 Å². The predicted molar refractivity (Wildman–Crippen MR) is 122 cm³/mol. The number of rotatable bonds is 4. The van der Waals surface area contributed by atoms with Gasteiger partial charge in [-0.15, -0.1) is 0 Å². The number of hydrogen-bond acceptors (Lipinski definition) is 3. The zero-order valence-corrected chi connectivity index (χ0v) is 17.1. The molecule has 1 aliphatic heterocycles. The average molecular weight is 409 g/mol. The van der Waals surface area contributed by atoms with Crippen molar-refractivity contribution in [1.82, 2.24) is 14.5 Å². The molecular formula is C26H23N3O2. The van der Waals surface area contributed by atoms with Crippen LogP contribution in [0.2, 0.25) is 0 Å². The molecule has 0 N–H and O–H groups in total. The maximum atomic E-state index is 13.2. The van der Waals surface area contributed by atoms with Crippen molar-refractivity contribution in [2.45, 2.75) is 25.3 Å². The highest BCUT2D eigenvalue weighted by molar-refractivity contribution is 5.94. The largest absolute Gasteiger partial charge is 0.335 e. The first-order valence-corrected chi connectivity index (χ1v) is 10.6. The number of carbonyl (C=O) groups excluding carboxylic acids is 1. The lowest BCUT2D eigenvalue weighted by atomic mass is 10.0. The molecule has 0 bridgehead atoms. The number of benzene rings is 3. The van der Waals surface area contributed by atoms with Gasteiger partial charge in [0, 0.05) is 18.2 Å². The van der Waals surface area contributed by atoms with Crippen molar-refractivity contribution in [3.63, 3.8) is 0 Å². The second-order valence-electron chi connectivity index (χ2n) is 7.97. The van der Waals surface area contributed by atoms with Crippen molar-refractivity contribution in [2.75, 3.05) is 6.54 Å². The van der Waals surface area contributed by atoms with E-state index in [9.17, 15) is 9.59 Å². The van der Waals surface area contributed by atoms with E-state index < -0.39 is 0 Å². The van der Waals surface area contributed by atoms with Gasteiger partial charge in [-0.2, -0.15) is 0 Å². The fourth-order valence-electron chi connectivity index (χ4n) is 4.39. The van der Waals surface area contributed by atoms with E-state index in [1.165, 1.54) is 16.5 Å². The molecule has 1 fully saturated rings. The summed E-state index contributed by atoms with van der Waals surface area (Å²) in [6.45, 7) is 0.784. The number of para-hydroxylation sites is 1. The van der Waals surface area contributed by atoms with Gasteiger partial charge in [0.15, 0.2) is 0 Å². The van der Waals surface area contributed by atoms with Crippen molar-refractivity contribution in [3.8, 4) is 5.69 Å². The molecule has 1 unspecified atom stereocenters. The fourth-order valence-corrected chi connectivity index (χ4v) is 4.39. The molecule has 5 rings (SSSR count). The summed E-state index contributed by atoms with van der Waals surface area (Å²) in [5, 5.41) is 0.575. The average Bonchev–Trinajstić information content (AvgIpc) is 3.28. The van der Waals surface area contributed by atoms with Crippen LogP contribution in [0.15, 0.2) is 90.0 Å². The van der Waals surface area contributed by atoms with Crippen LogP contribution in [0.25, 0.3) is 16.6 Å². The topological polar surface area (TPSA) is 55.2 Å². The predicted octanol–water partition coefficient (Wildman–Crippen LogP) is 4.23. The van der Waals surface area contributed by atoms with Gasteiger partial charge in [0.2, 0.25) is 0 Å². The standard InChI is InChI=1S/C26H23N3O2/c30-25(28-16-6-9-22(28)17-19-7-2-1-3-8-19)20-12-14-21(15-13-20)29-18-27-24-11-5-4-10-23(24)26(29)31/h1-5,7-8,10-15,18,22H,6,9,16-17H2. The Bertz CT molecular complexity index is 1280. The van der Waals surface area contributed by atoms with Crippen LogP contribution in [-0.2, 0) is 6.42 Å². The maximum absolute atomic E-state index is 13.2. The highest BCUT2D eigenvalue weighted by Crippen LogP contribution is 2.24. The van der Waals surface area contributed by atoms with Gasteiger partial charge in [0.25, 0.3) is 11.5 Å². The van der Waals surface area contributed by atoms with Crippen LogP contribution in [0.4, 0.5) is 0 Å². The summed E-state index contributed by atoms with van der Waals surface area (Å²) in [6, 6.07) is 25.1. The number of carbonyl (C=O) groups is 1. The lowest BCUT2D eigenvalue weighted by Gasteiger charge is -2.25. The lowest BCUT2D eigenvalue weighted by Crippen LogP contribution is -2.36. The third-order valence-corrected chi connectivity index (χ3v) is 6.01. The second-order valence-corrected chi connectivity index (χ2v) is 7.97. The van der Waals surface area contributed by atoms with Crippen molar-refractivity contribution in [1.29, 1.82) is 0 Å². The zero-order valence-electron chi connectivity index (χ0n) is 17.1. The molecule has 2 heterocycles. The number of fused-ring (bicyclic) bond motifs is 1. The molecule has 1 aliphatic rings. The number of nitrogens with zero attached hydrogens (tertiary/aromatic N) is 3. The zero-order chi connectivity index (χ0) is 21.2. The summed E-state index contributed by atoms with van der Waals surface area (Å²) in [4.78, 5) is 32.4. The molecule has 0 saturated carbocycles. The van der Waals surface area contributed by atoms with Gasteiger partial charge in [-0.3, -0.25) is 14.2 Å². The minimum atomic E-state index is -0.118. The quantitative estimate of drug-likeness (QED) is 0.507. The molecule has 0 radical (unpaired) electrons. The Hall–Kier alpha value is -3.73. The Morgan fingerprint density at radius 3 is 2.48 bits per heavy atom. The number of amides is 1. The van der Waals surface area contributed by atoms with E-state index in [-0.39, 0.29) is 17.5 Å². The normalized spacial score (nSPS) is 16.0. The summed E-state index contributed by atoms with van der Waals surface area (Å²) >= 11 is 0. The Labute approximate surface area is 180 Å². The summed E-state index contributed by atoms with van der Waals surface area (Å²) in [5.74, 6) is 0.0500.